The lowest BCUT2D eigenvalue weighted by Crippen LogP contribution is -2.35. The summed E-state index contributed by atoms with van der Waals surface area (Å²) in [5, 5.41) is 0. The Bertz CT molecular complexity index is 368. The monoisotopic (exact) mass is 225 g/mol. The van der Waals surface area contributed by atoms with Crippen LogP contribution in [0.5, 0.6) is 0 Å². The molecule has 1 fully saturated rings. The van der Waals surface area contributed by atoms with E-state index in [0.717, 1.165) is 0 Å². The van der Waals surface area contributed by atoms with Crippen LogP contribution >= 0.6 is 0 Å². The summed E-state index contributed by atoms with van der Waals surface area (Å²) in [6, 6.07) is 0. The minimum absolute atomic E-state index is 0.0175. The van der Waals surface area contributed by atoms with Crippen molar-refractivity contribution in [3.05, 3.63) is 23.6 Å². The van der Waals surface area contributed by atoms with Crippen molar-refractivity contribution in [2.45, 2.75) is 19.6 Å². The molecule has 0 bridgehead atoms. The fourth-order valence-electron chi connectivity index (χ4n) is 1.22. The lowest BCUT2D eigenvalue weighted by Gasteiger charge is -2.34. The predicted molar refractivity (Wildman–Crippen MR) is 58.8 cm³/mol. The number of rotatable bonds is 2. The molecule has 0 aliphatic carbocycles. The molecule has 88 valence electrons. The first-order chi connectivity index (χ1) is 7.41. The molecule has 1 rings (SSSR count). The van der Waals surface area contributed by atoms with Crippen LogP contribution in [0, 0.1) is 0 Å². The normalized spacial score (nSPS) is 22.1. The van der Waals surface area contributed by atoms with Gasteiger partial charge in [0.25, 0.3) is 0 Å². The van der Waals surface area contributed by atoms with Gasteiger partial charge in [0.2, 0.25) is 5.79 Å². The first-order valence-corrected chi connectivity index (χ1v) is 4.71. The summed E-state index contributed by atoms with van der Waals surface area (Å²) in [5.74, 6) is -1.15. The molecule has 1 aliphatic rings. The average Bonchev–Trinajstić information content (AvgIpc) is 2.23. The molecule has 0 N–H and O–H groups in total. The van der Waals surface area contributed by atoms with E-state index >= 15 is 0 Å². The second-order valence-corrected chi connectivity index (χ2v) is 3.72. The van der Waals surface area contributed by atoms with E-state index in [1.807, 2.05) is 0 Å². The second kappa shape index (κ2) is 4.49. The number of hydrogen-bond acceptors (Lipinski definition) is 5. The molecule has 0 aromatic heterocycles. The Balaban J connectivity index is 3.14. The van der Waals surface area contributed by atoms with Crippen LogP contribution in [0.4, 0.5) is 0 Å². The van der Waals surface area contributed by atoms with Crippen LogP contribution < -0.4 is 0 Å². The van der Waals surface area contributed by atoms with Gasteiger partial charge in [-0.3, -0.25) is 4.99 Å². The number of carbonyl (C=O) groups is 1. The highest BCUT2D eigenvalue weighted by atomic mass is 16.7. The third-order valence-corrected chi connectivity index (χ3v) is 2.01. The maximum atomic E-state index is 11.4. The molecule has 0 aromatic carbocycles. The van der Waals surface area contributed by atoms with E-state index in [1.165, 1.54) is 7.11 Å². The Morgan fingerprint density at radius 2 is 2.19 bits per heavy atom. The average molecular weight is 225 g/mol. The maximum absolute atomic E-state index is 11.4. The summed E-state index contributed by atoms with van der Waals surface area (Å²) < 4.78 is 15.4. The van der Waals surface area contributed by atoms with Crippen molar-refractivity contribution in [2.24, 2.45) is 4.99 Å². The Kier molecular flexibility index (Phi) is 3.49. The molecule has 0 radical (unpaired) electrons. The molecule has 1 heterocycles. The Morgan fingerprint density at radius 1 is 1.56 bits per heavy atom. The van der Waals surface area contributed by atoms with E-state index in [9.17, 15) is 4.79 Å². The molecule has 1 aliphatic heterocycles. The number of esters is 1. The number of nitrogens with zero attached hydrogens (tertiary/aromatic N) is 1. The van der Waals surface area contributed by atoms with Crippen molar-refractivity contribution in [1.29, 1.82) is 0 Å². The zero-order valence-electron chi connectivity index (χ0n) is 9.70. The number of methoxy groups -OCH3 is 1. The van der Waals surface area contributed by atoms with Crippen molar-refractivity contribution in [1.82, 2.24) is 0 Å². The first-order valence-electron chi connectivity index (χ1n) is 4.71. The summed E-state index contributed by atoms with van der Waals surface area (Å²) in [5.41, 5.74) is 0.552. The minimum Gasteiger partial charge on any atom is -0.464 e. The topological polar surface area (TPSA) is 57.1 Å². The summed E-state index contributed by atoms with van der Waals surface area (Å²) in [6.45, 7) is 10.8. The van der Waals surface area contributed by atoms with Crippen LogP contribution in [0.25, 0.3) is 0 Å². The van der Waals surface area contributed by atoms with Crippen LogP contribution in [0.3, 0.4) is 0 Å². The molecule has 0 saturated carbocycles. The molecule has 5 heteroatoms. The van der Waals surface area contributed by atoms with Crippen molar-refractivity contribution in [3.8, 4) is 0 Å². The number of hydrogen-bond donors (Lipinski definition) is 0. The number of aliphatic imine (C=N–C) groups is 1. The molecule has 0 unspecified atom stereocenters. The molecular weight excluding hydrogens is 210 g/mol. The highest BCUT2D eigenvalue weighted by Crippen LogP contribution is 2.30. The van der Waals surface area contributed by atoms with Gasteiger partial charge in [-0.25, -0.2) is 4.79 Å². The first kappa shape index (κ1) is 12.4. The molecule has 1 saturated heterocycles. The third-order valence-electron chi connectivity index (χ3n) is 2.01. The van der Waals surface area contributed by atoms with Crippen LogP contribution in [0.15, 0.2) is 28.6 Å². The predicted octanol–water partition coefficient (Wildman–Crippen LogP) is 1.41. The molecular formula is C11H15NO4. The summed E-state index contributed by atoms with van der Waals surface area (Å²) in [4.78, 5) is 15.0. The van der Waals surface area contributed by atoms with E-state index in [4.69, 9.17) is 9.47 Å². The van der Waals surface area contributed by atoms with Gasteiger partial charge in [-0.1, -0.05) is 6.58 Å². The van der Waals surface area contributed by atoms with Gasteiger partial charge in [-0.15, -0.1) is 0 Å². The van der Waals surface area contributed by atoms with Gasteiger partial charge in [0.1, 0.15) is 0 Å². The van der Waals surface area contributed by atoms with Crippen molar-refractivity contribution in [2.75, 3.05) is 13.7 Å². The molecule has 5 nitrogen and oxygen atoms in total. The number of ether oxygens (including phenoxy) is 3. The van der Waals surface area contributed by atoms with Gasteiger partial charge >= 0.3 is 5.97 Å². The molecule has 0 spiro atoms. The smallest absolute Gasteiger partial charge is 0.360 e. The Hall–Kier alpha value is -1.62. The van der Waals surface area contributed by atoms with Crippen LogP contribution in [-0.4, -0.2) is 32.2 Å². The van der Waals surface area contributed by atoms with Crippen molar-refractivity contribution >= 4 is 12.7 Å². The minimum atomic E-state index is -0.819. The lowest BCUT2D eigenvalue weighted by molar-refractivity contribution is -0.202. The van der Waals surface area contributed by atoms with E-state index in [1.54, 1.807) is 13.8 Å². The van der Waals surface area contributed by atoms with Crippen molar-refractivity contribution in [3.63, 3.8) is 0 Å². The zero-order chi connectivity index (χ0) is 12.3. The van der Waals surface area contributed by atoms with Crippen LogP contribution in [0.1, 0.15) is 13.8 Å². The Labute approximate surface area is 94.4 Å². The number of carbonyl (C=O) groups excluding carboxylic acids is 1. The fourth-order valence-corrected chi connectivity index (χ4v) is 1.22. The van der Waals surface area contributed by atoms with Gasteiger partial charge in [0, 0.05) is 19.4 Å². The lowest BCUT2D eigenvalue weighted by atomic mass is 10.1. The van der Waals surface area contributed by atoms with Gasteiger partial charge < -0.3 is 14.2 Å². The third kappa shape index (κ3) is 2.49. The van der Waals surface area contributed by atoms with Crippen LogP contribution in [0.2, 0.25) is 0 Å². The zero-order valence-corrected chi connectivity index (χ0v) is 9.70. The maximum Gasteiger partial charge on any atom is 0.360 e. The summed E-state index contributed by atoms with van der Waals surface area (Å²) in [6.07, 6.45) is 0. The largest absolute Gasteiger partial charge is 0.464 e. The van der Waals surface area contributed by atoms with Crippen LogP contribution in [-0.2, 0) is 19.0 Å². The summed E-state index contributed by atoms with van der Waals surface area (Å²) >= 11 is 0. The highest BCUT2D eigenvalue weighted by Gasteiger charge is 2.32. The van der Waals surface area contributed by atoms with Gasteiger partial charge in [0.05, 0.1) is 13.7 Å². The fraction of sp³-hybridized carbons (Fsp3) is 0.455. The van der Waals surface area contributed by atoms with E-state index in [-0.39, 0.29) is 18.1 Å². The Morgan fingerprint density at radius 3 is 2.69 bits per heavy atom. The standard InChI is InChI=1S/C11H15NO4/c1-7-6-15-11(2,3)16-9(7)8(12-4)10(13)14-5/h1,4,6H2,2-3,5H3/b9-8+. The van der Waals surface area contributed by atoms with Gasteiger partial charge in [-0.2, -0.15) is 0 Å². The van der Waals surface area contributed by atoms with Crippen molar-refractivity contribution < 1.29 is 19.0 Å². The van der Waals surface area contributed by atoms with E-state index in [2.05, 4.69) is 23.0 Å². The molecule has 0 aromatic rings. The van der Waals surface area contributed by atoms with Gasteiger partial charge in [-0.05, 0) is 6.72 Å². The highest BCUT2D eigenvalue weighted by molar-refractivity contribution is 5.90. The SMILES string of the molecule is C=N/C(C(=O)OC)=C1/OC(C)(C)OCC1=C. The molecule has 0 amide bonds. The molecule has 0 atom stereocenters. The van der Waals surface area contributed by atoms with Gasteiger partial charge in [0.15, 0.2) is 11.5 Å². The second-order valence-electron chi connectivity index (χ2n) is 3.72. The van der Waals surface area contributed by atoms with E-state index in [0.29, 0.717) is 5.57 Å². The summed E-state index contributed by atoms with van der Waals surface area (Å²) in [7, 11) is 1.27. The molecule has 16 heavy (non-hydrogen) atoms. The quantitative estimate of drug-likeness (QED) is 0.405. The van der Waals surface area contributed by atoms with E-state index < -0.39 is 11.8 Å².